The van der Waals surface area contributed by atoms with E-state index in [1.54, 1.807) is 6.07 Å². The van der Waals surface area contributed by atoms with E-state index in [-0.39, 0.29) is 0 Å². The quantitative estimate of drug-likeness (QED) is 0.679. The molecule has 14 heavy (non-hydrogen) atoms. The zero-order valence-electron chi connectivity index (χ0n) is 7.78. The monoisotopic (exact) mass is 183 g/mol. The van der Waals surface area contributed by atoms with Crippen LogP contribution in [0.4, 0.5) is 5.82 Å². The van der Waals surface area contributed by atoms with Crippen LogP contribution >= 0.6 is 0 Å². The predicted octanol–water partition coefficient (Wildman–Crippen LogP) is 2.00. The molecule has 0 fully saturated rings. The molecule has 3 heteroatoms. The number of hydrogen-bond acceptors (Lipinski definition) is 3. The molecule has 68 valence electrons. The first-order valence-electron chi connectivity index (χ1n) is 4.27. The normalized spacial score (nSPS) is 10.0. The maximum atomic E-state index is 8.92. The van der Waals surface area contributed by atoms with E-state index in [0.717, 1.165) is 16.5 Å². The molecule has 3 nitrogen and oxygen atoms in total. The molecule has 0 amide bonds. The van der Waals surface area contributed by atoms with E-state index in [0.29, 0.717) is 11.4 Å². The van der Waals surface area contributed by atoms with Crippen molar-refractivity contribution >= 4 is 16.7 Å². The van der Waals surface area contributed by atoms with E-state index in [1.807, 2.05) is 25.1 Å². The van der Waals surface area contributed by atoms with Crippen molar-refractivity contribution in [1.29, 1.82) is 5.26 Å². The first kappa shape index (κ1) is 8.52. The van der Waals surface area contributed by atoms with Crippen LogP contribution in [0.5, 0.6) is 0 Å². The summed E-state index contributed by atoms with van der Waals surface area (Å²) in [6.07, 6.45) is 0. The lowest BCUT2D eigenvalue weighted by molar-refractivity contribution is 1.38. The number of nitriles is 1. The van der Waals surface area contributed by atoms with Gasteiger partial charge in [0.05, 0.1) is 17.1 Å². The number of pyridine rings is 1. The minimum absolute atomic E-state index is 0.387. The van der Waals surface area contributed by atoms with Crippen molar-refractivity contribution in [2.24, 2.45) is 0 Å². The average Bonchev–Trinajstić information content (AvgIpc) is 2.17. The maximum Gasteiger partial charge on any atom is 0.125 e. The van der Waals surface area contributed by atoms with Crippen LogP contribution in [0.15, 0.2) is 24.3 Å². The van der Waals surface area contributed by atoms with Crippen LogP contribution in [0.25, 0.3) is 10.9 Å². The zero-order valence-corrected chi connectivity index (χ0v) is 7.78. The van der Waals surface area contributed by atoms with Crippen LogP contribution in [0.1, 0.15) is 11.1 Å². The van der Waals surface area contributed by atoms with Gasteiger partial charge in [-0.3, -0.25) is 0 Å². The first-order chi connectivity index (χ1) is 6.70. The third-order valence-corrected chi connectivity index (χ3v) is 2.10. The minimum Gasteiger partial charge on any atom is -0.384 e. The van der Waals surface area contributed by atoms with Crippen LogP contribution < -0.4 is 5.73 Å². The molecule has 0 spiro atoms. The summed E-state index contributed by atoms with van der Waals surface area (Å²) in [7, 11) is 0. The van der Waals surface area contributed by atoms with Crippen molar-refractivity contribution in [2.45, 2.75) is 6.92 Å². The predicted molar refractivity (Wildman–Crippen MR) is 55.6 cm³/mol. The molecule has 2 aromatic rings. The van der Waals surface area contributed by atoms with Gasteiger partial charge in [0.2, 0.25) is 0 Å². The van der Waals surface area contributed by atoms with Gasteiger partial charge in [-0.05, 0) is 25.1 Å². The summed E-state index contributed by atoms with van der Waals surface area (Å²) in [6, 6.07) is 9.49. The molecule has 0 bridgehead atoms. The van der Waals surface area contributed by atoms with Gasteiger partial charge in [0.15, 0.2) is 0 Å². The van der Waals surface area contributed by atoms with Crippen molar-refractivity contribution in [1.82, 2.24) is 4.98 Å². The number of hydrogen-bond donors (Lipinski definition) is 1. The van der Waals surface area contributed by atoms with Gasteiger partial charge in [0, 0.05) is 5.39 Å². The lowest BCUT2D eigenvalue weighted by Gasteiger charge is -2.02. The van der Waals surface area contributed by atoms with Gasteiger partial charge in [-0.1, -0.05) is 11.6 Å². The SMILES string of the molecule is Cc1ccc2nc(N)cc(C#N)c2c1. The van der Waals surface area contributed by atoms with E-state index in [9.17, 15) is 0 Å². The molecule has 1 heterocycles. The van der Waals surface area contributed by atoms with Gasteiger partial charge in [0.25, 0.3) is 0 Å². The van der Waals surface area contributed by atoms with Crippen LogP contribution in [0, 0.1) is 18.3 Å². The summed E-state index contributed by atoms with van der Waals surface area (Å²) in [5.74, 6) is 0.387. The van der Waals surface area contributed by atoms with E-state index in [4.69, 9.17) is 11.0 Å². The molecule has 0 saturated carbocycles. The van der Waals surface area contributed by atoms with Gasteiger partial charge in [0.1, 0.15) is 5.82 Å². The Hall–Kier alpha value is -2.08. The Bertz CT molecular complexity index is 538. The lowest BCUT2D eigenvalue weighted by atomic mass is 10.1. The van der Waals surface area contributed by atoms with E-state index < -0.39 is 0 Å². The molecule has 0 aliphatic heterocycles. The molecule has 0 aliphatic rings. The fraction of sp³-hybridized carbons (Fsp3) is 0.0909. The van der Waals surface area contributed by atoms with Crippen molar-refractivity contribution in [3.8, 4) is 6.07 Å². The van der Waals surface area contributed by atoms with Gasteiger partial charge in [-0.25, -0.2) is 4.98 Å². The van der Waals surface area contributed by atoms with E-state index >= 15 is 0 Å². The van der Waals surface area contributed by atoms with Crippen molar-refractivity contribution < 1.29 is 0 Å². The molecule has 0 unspecified atom stereocenters. The molecule has 1 aromatic heterocycles. The average molecular weight is 183 g/mol. The second-order valence-corrected chi connectivity index (χ2v) is 3.23. The number of nitrogens with zero attached hydrogens (tertiary/aromatic N) is 2. The van der Waals surface area contributed by atoms with Crippen molar-refractivity contribution in [2.75, 3.05) is 5.73 Å². The number of nitrogens with two attached hydrogens (primary N) is 1. The Morgan fingerprint density at radius 2 is 2.14 bits per heavy atom. The second-order valence-electron chi connectivity index (χ2n) is 3.23. The molecule has 0 saturated heterocycles. The molecule has 0 radical (unpaired) electrons. The molecule has 0 aliphatic carbocycles. The molecular formula is C11H9N3. The maximum absolute atomic E-state index is 8.92. The molecule has 2 rings (SSSR count). The number of rotatable bonds is 0. The van der Waals surface area contributed by atoms with Crippen molar-refractivity contribution in [3.05, 3.63) is 35.4 Å². The minimum atomic E-state index is 0.387. The number of aryl methyl sites for hydroxylation is 1. The Morgan fingerprint density at radius 3 is 2.86 bits per heavy atom. The fourth-order valence-electron chi connectivity index (χ4n) is 1.45. The molecule has 0 atom stereocenters. The highest BCUT2D eigenvalue weighted by atomic mass is 14.8. The summed E-state index contributed by atoms with van der Waals surface area (Å²) < 4.78 is 0. The highest BCUT2D eigenvalue weighted by Crippen LogP contribution is 2.19. The Morgan fingerprint density at radius 1 is 1.36 bits per heavy atom. The molecule has 2 N–H and O–H groups in total. The van der Waals surface area contributed by atoms with Crippen LogP contribution in [-0.2, 0) is 0 Å². The van der Waals surface area contributed by atoms with Crippen LogP contribution in [0.3, 0.4) is 0 Å². The Balaban J connectivity index is 2.90. The summed E-state index contributed by atoms with van der Waals surface area (Å²) in [5, 5.41) is 9.78. The smallest absolute Gasteiger partial charge is 0.125 e. The highest BCUT2D eigenvalue weighted by molar-refractivity contribution is 5.86. The molecular weight excluding hydrogens is 174 g/mol. The number of benzene rings is 1. The van der Waals surface area contributed by atoms with E-state index in [1.165, 1.54) is 0 Å². The molecule has 1 aromatic carbocycles. The highest BCUT2D eigenvalue weighted by Gasteiger charge is 2.03. The van der Waals surface area contributed by atoms with Gasteiger partial charge in [-0.15, -0.1) is 0 Å². The number of aromatic nitrogens is 1. The largest absolute Gasteiger partial charge is 0.384 e. The van der Waals surface area contributed by atoms with Crippen molar-refractivity contribution in [3.63, 3.8) is 0 Å². The summed E-state index contributed by atoms with van der Waals surface area (Å²) in [6.45, 7) is 1.98. The van der Waals surface area contributed by atoms with Gasteiger partial charge < -0.3 is 5.73 Å². The van der Waals surface area contributed by atoms with E-state index in [2.05, 4.69) is 11.1 Å². The Kier molecular flexibility index (Phi) is 1.83. The van der Waals surface area contributed by atoms with Gasteiger partial charge in [-0.2, -0.15) is 5.26 Å². The van der Waals surface area contributed by atoms with Crippen LogP contribution in [-0.4, -0.2) is 4.98 Å². The topological polar surface area (TPSA) is 62.7 Å². The first-order valence-corrected chi connectivity index (χ1v) is 4.27. The lowest BCUT2D eigenvalue weighted by Crippen LogP contribution is -1.93. The summed E-state index contributed by atoms with van der Waals surface area (Å²) in [5.41, 5.74) is 8.04. The second kappa shape index (κ2) is 3.00. The zero-order chi connectivity index (χ0) is 10.1. The fourth-order valence-corrected chi connectivity index (χ4v) is 1.45. The summed E-state index contributed by atoms with van der Waals surface area (Å²) in [4.78, 5) is 4.15. The third-order valence-electron chi connectivity index (χ3n) is 2.10. The Labute approximate surface area is 81.8 Å². The van der Waals surface area contributed by atoms with Crippen LogP contribution in [0.2, 0.25) is 0 Å². The number of anilines is 1. The van der Waals surface area contributed by atoms with Gasteiger partial charge >= 0.3 is 0 Å². The summed E-state index contributed by atoms with van der Waals surface area (Å²) >= 11 is 0. The number of nitrogen functional groups attached to an aromatic ring is 1. The number of fused-ring (bicyclic) bond motifs is 1. The third kappa shape index (κ3) is 1.27. The standard InChI is InChI=1S/C11H9N3/c1-7-2-3-10-9(4-7)8(6-12)5-11(13)14-10/h2-5H,1H3,(H2,13,14).